The van der Waals surface area contributed by atoms with Gasteiger partial charge in [-0.05, 0) is 42.4 Å². The summed E-state index contributed by atoms with van der Waals surface area (Å²) < 4.78 is 12.2. The van der Waals surface area contributed by atoms with Crippen LogP contribution in [0.15, 0.2) is 18.5 Å². The lowest BCUT2D eigenvalue weighted by Crippen LogP contribution is -2.47. The molecule has 3 rings (SSSR count). The summed E-state index contributed by atoms with van der Waals surface area (Å²) >= 11 is 6.34. The van der Waals surface area contributed by atoms with Crippen LogP contribution in [0.4, 0.5) is 0 Å². The molecule has 0 bridgehead atoms. The number of carbonyl (C=O) groups excluding carboxylic acids is 1. The predicted molar refractivity (Wildman–Crippen MR) is 107 cm³/mol. The Kier molecular flexibility index (Phi) is 7.99. The number of hydrogen-bond donors (Lipinski definition) is 2. The molecule has 154 valence electrons. The van der Waals surface area contributed by atoms with Gasteiger partial charge < -0.3 is 20.1 Å². The molecule has 0 spiro atoms. The molecule has 2 heterocycles. The number of benzene rings is 1. The molecule has 28 heavy (non-hydrogen) atoms. The monoisotopic (exact) mass is 430 g/mol. The number of methoxy groups -OCH3 is 2. The van der Waals surface area contributed by atoms with E-state index in [2.05, 4.69) is 26.2 Å². The van der Waals surface area contributed by atoms with Gasteiger partial charge in [0.25, 0.3) is 5.91 Å². The Morgan fingerprint density at radius 1 is 1.36 bits per heavy atom. The third-order valence-electron chi connectivity index (χ3n) is 4.85. The highest BCUT2D eigenvalue weighted by Crippen LogP contribution is 2.31. The van der Waals surface area contributed by atoms with Gasteiger partial charge in [0.2, 0.25) is 0 Å². The summed E-state index contributed by atoms with van der Waals surface area (Å²) in [5.74, 6) is 0.152. The topological polar surface area (TPSA) is 103 Å². The van der Waals surface area contributed by atoms with Gasteiger partial charge in [-0.3, -0.25) is 4.79 Å². The van der Waals surface area contributed by atoms with Crippen molar-refractivity contribution in [3.05, 3.63) is 29.0 Å². The van der Waals surface area contributed by atoms with Crippen molar-refractivity contribution < 1.29 is 14.3 Å². The smallest absolute Gasteiger partial charge is 0.255 e. The fourth-order valence-corrected chi connectivity index (χ4v) is 3.58. The first-order chi connectivity index (χ1) is 13.1. The van der Waals surface area contributed by atoms with Crippen LogP contribution in [-0.4, -0.2) is 66.6 Å². The zero-order valence-corrected chi connectivity index (χ0v) is 17.3. The summed E-state index contributed by atoms with van der Waals surface area (Å²) in [6.45, 7) is 2.95. The summed E-state index contributed by atoms with van der Waals surface area (Å²) in [4.78, 5) is 12.8. The number of carbonyl (C=O) groups is 1. The molecule has 2 N–H and O–H groups in total. The van der Waals surface area contributed by atoms with Crippen molar-refractivity contribution in [2.75, 3.05) is 40.5 Å². The number of nitrogens with one attached hydrogen (secondary N) is 2. The standard InChI is InChI=1S/C17H23ClN6O3.ClH/c1-26-10-17(3-5-19-6-4-17)9-20-16(25)12-7-13(18)14(8-15(12)27-2)24-11-21-22-23-24;/h7-8,11,19H,3-6,9-10H2,1-2H3,(H,20,25);1H. The molecular formula is C17H24Cl2N6O3. The number of tetrazole rings is 1. The van der Waals surface area contributed by atoms with Gasteiger partial charge >= 0.3 is 0 Å². The van der Waals surface area contributed by atoms with E-state index < -0.39 is 0 Å². The molecule has 1 saturated heterocycles. The number of rotatable bonds is 7. The molecule has 11 heteroatoms. The summed E-state index contributed by atoms with van der Waals surface area (Å²) in [5.41, 5.74) is 0.823. The Morgan fingerprint density at radius 3 is 2.71 bits per heavy atom. The van der Waals surface area contributed by atoms with Gasteiger partial charge in [-0.15, -0.1) is 17.5 Å². The molecule has 0 aliphatic carbocycles. The first kappa shape index (κ1) is 22.4. The minimum atomic E-state index is -0.244. The zero-order valence-electron chi connectivity index (χ0n) is 15.8. The molecule has 0 atom stereocenters. The van der Waals surface area contributed by atoms with E-state index in [9.17, 15) is 4.79 Å². The van der Waals surface area contributed by atoms with Crippen molar-refractivity contribution in [3.63, 3.8) is 0 Å². The Balaban J connectivity index is 0.00000280. The van der Waals surface area contributed by atoms with Crippen LogP contribution in [0.2, 0.25) is 5.02 Å². The maximum atomic E-state index is 12.8. The molecule has 1 aromatic carbocycles. The fraction of sp³-hybridized carbons (Fsp3) is 0.529. The second-order valence-electron chi connectivity index (χ2n) is 6.62. The maximum Gasteiger partial charge on any atom is 0.255 e. The molecule has 1 fully saturated rings. The van der Waals surface area contributed by atoms with Crippen molar-refractivity contribution in [3.8, 4) is 11.4 Å². The Hall–Kier alpha value is -1.94. The molecule has 1 aromatic heterocycles. The minimum absolute atomic E-state index is 0. The number of amides is 1. The normalized spacial score (nSPS) is 15.5. The first-order valence-corrected chi connectivity index (χ1v) is 9.05. The predicted octanol–water partition coefficient (Wildman–Crippen LogP) is 1.49. The van der Waals surface area contributed by atoms with Crippen LogP contribution in [0.5, 0.6) is 5.75 Å². The molecule has 1 aliphatic heterocycles. The van der Waals surface area contributed by atoms with Crippen LogP contribution in [0.25, 0.3) is 5.69 Å². The van der Waals surface area contributed by atoms with Crippen molar-refractivity contribution >= 4 is 29.9 Å². The van der Waals surface area contributed by atoms with Crippen LogP contribution in [0.3, 0.4) is 0 Å². The van der Waals surface area contributed by atoms with Gasteiger partial charge in [0.15, 0.2) is 0 Å². The van der Waals surface area contributed by atoms with Crippen molar-refractivity contribution in [1.29, 1.82) is 0 Å². The van der Waals surface area contributed by atoms with Gasteiger partial charge in [0.1, 0.15) is 12.1 Å². The lowest BCUT2D eigenvalue weighted by atomic mass is 9.79. The van der Waals surface area contributed by atoms with Crippen LogP contribution in [-0.2, 0) is 4.74 Å². The van der Waals surface area contributed by atoms with E-state index in [1.165, 1.54) is 18.1 Å². The number of halogens is 2. The van der Waals surface area contributed by atoms with Crippen LogP contribution < -0.4 is 15.4 Å². The molecule has 0 radical (unpaired) electrons. The van der Waals surface area contributed by atoms with E-state index in [0.717, 1.165) is 25.9 Å². The number of piperidine rings is 1. The Morgan fingerprint density at radius 2 is 2.11 bits per heavy atom. The fourth-order valence-electron chi connectivity index (χ4n) is 3.33. The molecule has 0 saturated carbocycles. The SMILES string of the molecule is COCC1(CNC(=O)c2cc(Cl)c(-n3cnnn3)cc2OC)CCNCC1.Cl. The molecule has 1 amide bonds. The van der Waals surface area contributed by atoms with Crippen LogP contribution in [0.1, 0.15) is 23.2 Å². The number of nitrogens with zero attached hydrogens (tertiary/aromatic N) is 4. The highest BCUT2D eigenvalue weighted by molar-refractivity contribution is 6.33. The summed E-state index contributed by atoms with van der Waals surface area (Å²) in [6.07, 6.45) is 3.31. The lowest BCUT2D eigenvalue weighted by molar-refractivity contribution is 0.0511. The van der Waals surface area contributed by atoms with E-state index in [1.54, 1.807) is 19.2 Å². The lowest BCUT2D eigenvalue weighted by Gasteiger charge is -2.37. The Bertz CT molecular complexity index is 776. The largest absolute Gasteiger partial charge is 0.496 e. The van der Waals surface area contributed by atoms with Crippen LogP contribution in [0, 0.1) is 5.41 Å². The van der Waals surface area contributed by atoms with Gasteiger partial charge in [0.05, 0.1) is 30.0 Å². The summed E-state index contributed by atoms with van der Waals surface area (Å²) in [6, 6.07) is 3.21. The number of aromatic nitrogens is 4. The molecule has 0 unspecified atom stereocenters. The average molecular weight is 431 g/mol. The van der Waals surface area contributed by atoms with Crippen molar-refractivity contribution in [2.45, 2.75) is 12.8 Å². The summed E-state index contributed by atoms with van der Waals surface area (Å²) in [7, 11) is 3.19. The molecule has 9 nitrogen and oxygen atoms in total. The third kappa shape index (κ3) is 4.91. The van der Waals surface area contributed by atoms with Gasteiger partial charge in [-0.25, -0.2) is 0 Å². The maximum absolute atomic E-state index is 12.8. The van der Waals surface area contributed by atoms with Crippen molar-refractivity contribution in [1.82, 2.24) is 30.8 Å². The minimum Gasteiger partial charge on any atom is -0.496 e. The first-order valence-electron chi connectivity index (χ1n) is 8.67. The van der Waals surface area contributed by atoms with E-state index in [1.807, 2.05) is 0 Å². The van der Waals surface area contributed by atoms with E-state index in [0.29, 0.717) is 35.2 Å². The molecule has 2 aromatic rings. The number of hydrogen-bond acceptors (Lipinski definition) is 7. The quantitative estimate of drug-likeness (QED) is 0.685. The Labute approximate surface area is 174 Å². The second-order valence-corrected chi connectivity index (χ2v) is 7.03. The molecular weight excluding hydrogens is 407 g/mol. The van der Waals surface area contributed by atoms with Gasteiger partial charge in [-0.1, -0.05) is 11.6 Å². The van der Waals surface area contributed by atoms with E-state index in [-0.39, 0.29) is 23.7 Å². The summed E-state index contributed by atoms with van der Waals surface area (Å²) in [5, 5.41) is 17.7. The number of ether oxygens (including phenoxy) is 2. The molecule has 1 aliphatic rings. The second kappa shape index (κ2) is 10.0. The van der Waals surface area contributed by atoms with E-state index >= 15 is 0 Å². The third-order valence-corrected chi connectivity index (χ3v) is 5.15. The van der Waals surface area contributed by atoms with Gasteiger partial charge in [-0.2, -0.15) is 4.68 Å². The zero-order chi connectivity index (χ0) is 19.3. The van der Waals surface area contributed by atoms with E-state index in [4.69, 9.17) is 21.1 Å². The van der Waals surface area contributed by atoms with Crippen LogP contribution >= 0.6 is 24.0 Å². The average Bonchev–Trinajstić information content (AvgIpc) is 3.21. The highest BCUT2D eigenvalue weighted by atomic mass is 35.5. The van der Waals surface area contributed by atoms with Crippen molar-refractivity contribution in [2.24, 2.45) is 5.41 Å². The van der Waals surface area contributed by atoms with Gasteiger partial charge in [0, 0.05) is 25.1 Å². The highest BCUT2D eigenvalue weighted by Gasteiger charge is 2.33.